The third-order valence-electron chi connectivity index (χ3n) is 3.66. The molecule has 0 fully saturated rings. The highest BCUT2D eigenvalue weighted by atomic mass is 16.5. The third kappa shape index (κ3) is 3.74. The Balaban J connectivity index is 2.36. The van der Waals surface area contributed by atoms with E-state index in [1.54, 1.807) is 7.11 Å². The number of nitrogen functional groups attached to an aromatic ring is 1. The first kappa shape index (κ1) is 15.4. The van der Waals surface area contributed by atoms with Crippen LogP contribution in [0.3, 0.4) is 0 Å². The molecule has 1 heterocycles. The fraction of sp³-hybridized carbons (Fsp3) is 0.500. The van der Waals surface area contributed by atoms with Gasteiger partial charge in [-0.15, -0.1) is 0 Å². The van der Waals surface area contributed by atoms with E-state index in [0.29, 0.717) is 12.0 Å². The van der Waals surface area contributed by atoms with Crippen molar-refractivity contribution in [3.63, 3.8) is 0 Å². The van der Waals surface area contributed by atoms with Crippen LogP contribution >= 0.6 is 0 Å². The Morgan fingerprint density at radius 1 is 1.29 bits per heavy atom. The molecule has 0 aliphatic carbocycles. The van der Waals surface area contributed by atoms with Crippen LogP contribution in [-0.2, 0) is 0 Å². The highest BCUT2D eigenvalue weighted by molar-refractivity contribution is 5.91. The number of anilines is 2. The molecule has 5 heteroatoms. The molecule has 0 radical (unpaired) electrons. The van der Waals surface area contributed by atoms with Crippen molar-refractivity contribution < 1.29 is 4.74 Å². The zero-order valence-electron chi connectivity index (χ0n) is 13.0. The number of nitrogens with one attached hydrogen (secondary N) is 1. The molecule has 3 N–H and O–H groups in total. The Morgan fingerprint density at radius 2 is 2.10 bits per heavy atom. The number of fused-ring (bicyclic) bond motifs is 1. The molecule has 2 rings (SSSR count). The molecule has 1 aromatic carbocycles. The zero-order valence-corrected chi connectivity index (χ0v) is 13.0. The molecule has 0 unspecified atom stereocenters. The molecule has 0 spiro atoms. The van der Waals surface area contributed by atoms with Gasteiger partial charge in [0.05, 0.1) is 12.6 Å². The quantitative estimate of drug-likeness (QED) is 0.814. The van der Waals surface area contributed by atoms with Gasteiger partial charge in [-0.1, -0.05) is 26.7 Å². The van der Waals surface area contributed by atoms with Crippen molar-refractivity contribution >= 4 is 22.7 Å². The summed E-state index contributed by atoms with van der Waals surface area (Å²) >= 11 is 0. The van der Waals surface area contributed by atoms with Gasteiger partial charge in [-0.3, -0.25) is 0 Å². The Bertz CT molecular complexity index is 600. The molecular weight excluding hydrogens is 264 g/mol. The van der Waals surface area contributed by atoms with Crippen molar-refractivity contribution in [2.24, 2.45) is 0 Å². The number of benzene rings is 1. The minimum atomic E-state index is 0.292. The van der Waals surface area contributed by atoms with Crippen molar-refractivity contribution in [3.8, 4) is 5.75 Å². The number of nitrogens with two attached hydrogens (primary N) is 1. The predicted octanol–water partition coefficient (Wildman–Crippen LogP) is 3.60. The molecule has 1 aromatic heterocycles. The second-order valence-electron chi connectivity index (χ2n) is 5.21. The summed E-state index contributed by atoms with van der Waals surface area (Å²) in [7, 11) is 1.66. The van der Waals surface area contributed by atoms with Crippen LogP contribution in [0.25, 0.3) is 10.9 Å². The molecule has 0 aliphatic heterocycles. The first-order valence-corrected chi connectivity index (χ1v) is 7.55. The predicted molar refractivity (Wildman–Crippen MR) is 87.7 cm³/mol. The van der Waals surface area contributed by atoms with E-state index in [4.69, 9.17) is 10.5 Å². The summed E-state index contributed by atoms with van der Waals surface area (Å²) in [5, 5.41) is 4.46. The summed E-state index contributed by atoms with van der Waals surface area (Å²) in [4.78, 5) is 8.65. The van der Waals surface area contributed by atoms with Crippen molar-refractivity contribution in [1.29, 1.82) is 0 Å². The standard InChI is InChI=1S/C16H24N4O/c1-4-6-7-11(5-2)18-15-13-10-12(21-3)8-9-14(13)19-16(17)20-15/h8-11H,4-7H2,1-3H3,(H3,17,18,19,20)/t11-/m1/s1. The van der Waals surface area contributed by atoms with E-state index in [0.717, 1.165) is 35.3 Å². The van der Waals surface area contributed by atoms with Crippen LogP contribution in [0, 0.1) is 0 Å². The lowest BCUT2D eigenvalue weighted by Crippen LogP contribution is -2.19. The smallest absolute Gasteiger partial charge is 0.222 e. The SMILES string of the molecule is CCCC[C@@H](CC)Nc1nc(N)nc2ccc(OC)cc12. The third-order valence-corrected chi connectivity index (χ3v) is 3.66. The van der Waals surface area contributed by atoms with E-state index in [9.17, 15) is 0 Å². The van der Waals surface area contributed by atoms with Crippen LogP contribution in [-0.4, -0.2) is 23.1 Å². The summed E-state index contributed by atoms with van der Waals surface area (Å²) in [6.07, 6.45) is 4.57. The van der Waals surface area contributed by atoms with Crippen LogP contribution in [0.2, 0.25) is 0 Å². The molecule has 0 aliphatic rings. The van der Waals surface area contributed by atoms with E-state index in [-0.39, 0.29) is 0 Å². The maximum Gasteiger partial charge on any atom is 0.222 e. The highest BCUT2D eigenvalue weighted by Crippen LogP contribution is 2.27. The summed E-state index contributed by atoms with van der Waals surface area (Å²) in [5.41, 5.74) is 6.65. The Kier molecular flexibility index (Phi) is 5.20. The van der Waals surface area contributed by atoms with Gasteiger partial charge in [-0.05, 0) is 31.0 Å². The average molecular weight is 288 g/mol. The highest BCUT2D eigenvalue weighted by Gasteiger charge is 2.12. The number of ether oxygens (including phenoxy) is 1. The van der Waals surface area contributed by atoms with Crippen molar-refractivity contribution in [3.05, 3.63) is 18.2 Å². The minimum Gasteiger partial charge on any atom is -0.497 e. The lowest BCUT2D eigenvalue weighted by Gasteiger charge is -2.18. The largest absolute Gasteiger partial charge is 0.497 e. The summed E-state index contributed by atoms with van der Waals surface area (Å²) in [6, 6.07) is 6.13. The van der Waals surface area contributed by atoms with Gasteiger partial charge in [0, 0.05) is 11.4 Å². The number of unbranched alkanes of at least 4 members (excludes halogenated alkanes) is 1. The van der Waals surface area contributed by atoms with Gasteiger partial charge in [0.2, 0.25) is 5.95 Å². The number of methoxy groups -OCH3 is 1. The minimum absolute atomic E-state index is 0.292. The monoisotopic (exact) mass is 288 g/mol. The Hall–Kier alpha value is -2.04. The average Bonchev–Trinajstić information content (AvgIpc) is 2.50. The first-order valence-electron chi connectivity index (χ1n) is 7.55. The van der Waals surface area contributed by atoms with E-state index >= 15 is 0 Å². The fourth-order valence-corrected chi connectivity index (χ4v) is 2.38. The molecule has 0 amide bonds. The molecule has 0 bridgehead atoms. The number of aromatic nitrogens is 2. The maximum atomic E-state index is 5.82. The van der Waals surface area contributed by atoms with E-state index in [2.05, 4.69) is 29.1 Å². The Morgan fingerprint density at radius 3 is 2.76 bits per heavy atom. The second kappa shape index (κ2) is 7.11. The topological polar surface area (TPSA) is 73.1 Å². The molecule has 0 saturated carbocycles. The molecule has 114 valence electrons. The van der Waals surface area contributed by atoms with E-state index < -0.39 is 0 Å². The molecule has 21 heavy (non-hydrogen) atoms. The fourth-order valence-electron chi connectivity index (χ4n) is 2.38. The molecule has 2 aromatic rings. The van der Waals surface area contributed by atoms with Gasteiger partial charge in [-0.25, -0.2) is 4.98 Å². The lowest BCUT2D eigenvalue weighted by atomic mass is 10.1. The lowest BCUT2D eigenvalue weighted by molar-refractivity contribution is 0.415. The number of hydrogen-bond acceptors (Lipinski definition) is 5. The summed E-state index contributed by atoms with van der Waals surface area (Å²) in [5.74, 6) is 1.88. The van der Waals surface area contributed by atoms with E-state index in [1.807, 2.05) is 18.2 Å². The molecule has 5 nitrogen and oxygen atoms in total. The molecular formula is C16H24N4O. The maximum absolute atomic E-state index is 5.82. The van der Waals surface area contributed by atoms with Crippen LogP contribution in [0.5, 0.6) is 5.75 Å². The van der Waals surface area contributed by atoms with Gasteiger partial charge in [0.25, 0.3) is 0 Å². The normalized spacial score (nSPS) is 12.3. The van der Waals surface area contributed by atoms with Crippen molar-refractivity contribution in [2.45, 2.75) is 45.6 Å². The van der Waals surface area contributed by atoms with Crippen LogP contribution in [0.4, 0.5) is 11.8 Å². The van der Waals surface area contributed by atoms with Crippen molar-refractivity contribution in [2.75, 3.05) is 18.2 Å². The number of nitrogens with zero attached hydrogens (tertiary/aromatic N) is 2. The van der Waals surface area contributed by atoms with Gasteiger partial charge < -0.3 is 15.8 Å². The van der Waals surface area contributed by atoms with Gasteiger partial charge in [0.1, 0.15) is 11.6 Å². The molecule has 0 saturated heterocycles. The van der Waals surface area contributed by atoms with Crippen LogP contribution < -0.4 is 15.8 Å². The van der Waals surface area contributed by atoms with Gasteiger partial charge in [0.15, 0.2) is 0 Å². The van der Waals surface area contributed by atoms with Crippen molar-refractivity contribution in [1.82, 2.24) is 9.97 Å². The number of rotatable bonds is 7. The summed E-state index contributed by atoms with van der Waals surface area (Å²) < 4.78 is 5.29. The van der Waals surface area contributed by atoms with Gasteiger partial charge >= 0.3 is 0 Å². The second-order valence-corrected chi connectivity index (χ2v) is 5.21. The molecule has 1 atom stereocenters. The van der Waals surface area contributed by atoms with E-state index in [1.165, 1.54) is 12.8 Å². The summed E-state index contributed by atoms with van der Waals surface area (Å²) in [6.45, 7) is 4.39. The van der Waals surface area contributed by atoms with Gasteiger partial charge in [-0.2, -0.15) is 4.98 Å². The number of hydrogen-bond donors (Lipinski definition) is 2. The Labute approximate surface area is 125 Å². The van der Waals surface area contributed by atoms with Crippen LogP contribution in [0.15, 0.2) is 18.2 Å². The van der Waals surface area contributed by atoms with Crippen LogP contribution in [0.1, 0.15) is 39.5 Å². The zero-order chi connectivity index (χ0) is 15.2. The first-order chi connectivity index (χ1) is 10.2.